The molecular weight excluding hydrogens is 434 g/mol. The Kier molecular flexibility index (Phi) is 6.41. The molecule has 0 fully saturated rings. The van der Waals surface area contributed by atoms with Gasteiger partial charge in [0.15, 0.2) is 11.5 Å². The third-order valence-corrected chi connectivity index (χ3v) is 6.32. The molecule has 1 unspecified atom stereocenters. The van der Waals surface area contributed by atoms with Crippen LogP contribution in [0.15, 0.2) is 24.3 Å². The number of carbonyl (C=O) groups is 1. The fraction of sp³-hybridized carbons (Fsp3) is 0.385. The Balaban J connectivity index is 1.97. The standard InChI is InChI=1S/C26H31N3O5/c1-7-8-9-29-24(16-12-18(32-4)25(34-6)19(13-16)33-5)21-22(27-28-23(21)26(29)31)20-15(3)10-14(2)11-17(20)30/h10-13,24,30H,7-9H2,1-6H3,(H,27,28). The maximum atomic E-state index is 13.5. The maximum Gasteiger partial charge on any atom is 0.273 e. The number of nitrogens with zero attached hydrogens (tertiary/aromatic N) is 2. The monoisotopic (exact) mass is 465 g/mol. The van der Waals surface area contributed by atoms with Crippen LogP contribution in [-0.2, 0) is 0 Å². The lowest BCUT2D eigenvalue weighted by Crippen LogP contribution is -2.30. The highest BCUT2D eigenvalue weighted by atomic mass is 16.5. The van der Waals surface area contributed by atoms with Crippen molar-refractivity contribution < 1.29 is 24.1 Å². The minimum Gasteiger partial charge on any atom is -0.507 e. The van der Waals surface area contributed by atoms with Crippen molar-refractivity contribution in [1.82, 2.24) is 15.1 Å². The Hall–Kier alpha value is -3.68. The lowest BCUT2D eigenvalue weighted by atomic mass is 9.92. The third kappa shape index (κ3) is 3.73. The van der Waals surface area contributed by atoms with Crippen molar-refractivity contribution in [1.29, 1.82) is 0 Å². The number of fused-ring (bicyclic) bond motifs is 1. The summed E-state index contributed by atoms with van der Waals surface area (Å²) >= 11 is 0. The predicted octanol–water partition coefficient (Wildman–Crippen LogP) is 4.77. The Morgan fingerprint density at radius 3 is 2.29 bits per heavy atom. The molecule has 4 rings (SSSR count). The second-order valence-corrected chi connectivity index (χ2v) is 8.55. The van der Waals surface area contributed by atoms with Crippen molar-refractivity contribution in [2.75, 3.05) is 27.9 Å². The lowest BCUT2D eigenvalue weighted by Gasteiger charge is -2.27. The molecule has 0 saturated carbocycles. The molecular formula is C26H31N3O5. The number of aryl methyl sites for hydroxylation is 2. The molecule has 0 saturated heterocycles. The number of H-pyrrole nitrogens is 1. The highest BCUT2D eigenvalue weighted by Gasteiger charge is 2.43. The zero-order valence-electron chi connectivity index (χ0n) is 20.5. The van der Waals surface area contributed by atoms with Crippen LogP contribution in [0.1, 0.15) is 58.5 Å². The van der Waals surface area contributed by atoms with Gasteiger partial charge in [0.2, 0.25) is 5.75 Å². The molecule has 2 N–H and O–H groups in total. The molecule has 1 aliphatic heterocycles. The topological polar surface area (TPSA) is 96.9 Å². The second kappa shape index (κ2) is 9.29. The number of aromatic hydroxyl groups is 1. The number of hydrogen-bond acceptors (Lipinski definition) is 6. The van der Waals surface area contributed by atoms with E-state index in [1.165, 1.54) is 0 Å². The number of phenolic OH excluding ortho intramolecular Hbond substituents is 1. The Bertz CT molecular complexity index is 1190. The van der Waals surface area contributed by atoms with E-state index in [2.05, 4.69) is 17.1 Å². The fourth-order valence-electron chi connectivity index (χ4n) is 4.81. The SMILES string of the molecule is CCCCN1C(=O)c2[nH]nc(-c3c(C)cc(C)cc3O)c2C1c1cc(OC)c(OC)c(OC)c1. The van der Waals surface area contributed by atoms with Gasteiger partial charge in [-0.05, 0) is 55.2 Å². The van der Waals surface area contributed by atoms with Crippen LogP contribution in [0.4, 0.5) is 0 Å². The number of aromatic amines is 1. The van der Waals surface area contributed by atoms with E-state index in [0.717, 1.165) is 35.1 Å². The summed E-state index contributed by atoms with van der Waals surface area (Å²) in [6.45, 7) is 6.54. The quantitative estimate of drug-likeness (QED) is 0.497. The second-order valence-electron chi connectivity index (χ2n) is 8.55. The number of carbonyl (C=O) groups excluding carboxylic acids is 1. The van der Waals surface area contributed by atoms with Gasteiger partial charge in [0.25, 0.3) is 5.91 Å². The highest BCUT2D eigenvalue weighted by molar-refractivity contribution is 6.00. The molecule has 3 aromatic rings. The van der Waals surface area contributed by atoms with Crippen LogP contribution >= 0.6 is 0 Å². The van der Waals surface area contributed by atoms with E-state index in [1.807, 2.05) is 36.9 Å². The first-order chi connectivity index (χ1) is 16.4. The van der Waals surface area contributed by atoms with Crippen molar-refractivity contribution in [3.8, 4) is 34.3 Å². The van der Waals surface area contributed by atoms with Crippen molar-refractivity contribution in [2.45, 2.75) is 39.7 Å². The summed E-state index contributed by atoms with van der Waals surface area (Å²) in [5.41, 5.74) is 5.00. The molecule has 1 aliphatic rings. The summed E-state index contributed by atoms with van der Waals surface area (Å²) in [6.07, 6.45) is 1.80. The van der Waals surface area contributed by atoms with Gasteiger partial charge in [-0.25, -0.2) is 0 Å². The van der Waals surface area contributed by atoms with Crippen LogP contribution in [0.2, 0.25) is 0 Å². The first kappa shape index (κ1) is 23.5. The summed E-state index contributed by atoms with van der Waals surface area (Å²) in [5.74, 6) is 1.51. The van der Waals surface area contributed by atoms with Gasteiger partial charge in [0.1, 0.15) is 17.1 Å². The molecule has 8 heteroatoms. The van der Waals surface area contributed by atoms with Crippen LogP contribution in [0.5, 0.6) is 23.0 Å². The number of benzene rings is 2. The van der Waals surface area contributed by atoms with Crippen LogP contribution in [0, 0.1) is 13.8 Å². The Labute approximate surface area is 199 Å². The minimum atomic E-state index is -0.434. The van der Waals surface area contributed by atoms with E-state index >= 15 is 0 Å². The average Bonchev–Trinajstić information content (AvgIpc) is 3.34. The predicted molar refractivity (Wildman–Crippen MR) is 129 cm³/mol. The van der Waals surface area contributed by atoms with Gasteiger partial charge in [-0.1, -0.05) is 19.4 Å². The van der Waals surface area contributed by atoms with Gasteiger partial charge in [0, 0.05) is 17.7 Å². The van der Waals surface area contributed by atoms with Gasteiger partial charge in [-0.15, -0.1) is 0 Å². The van der Waals surface area contributed by atoms with E-state index in [1.54, 1.807) is 27.4 Å². The van der Waals surface area contributed by atoms with Crippen LogP contribution in [0.3, 0.4) is 0 Å². The van der Waals surface area contributed by atoms with Gasteiger partial charge < -0.3 is 24.2 Å². The first-order valence-electron chi connectivity index (χ1n) is 11.4. The molecule has 0 radical (unpaired) electrons. The van der Waals surface area contributed by atoms with Gasteiger partial charge >= 0.3 is 0 Å². The molecule has 34 heavy (non-hydrogen) atoms. The first-order valence-corrected chi connectivity index (χ1v) is 11.4. The van der Waals surface area contributed by atoms with Crippen molar-refractivity contribution >= 4 is 5.91 Å². The number of ether oxygens (including phenoxy) is 3. The summed E-state index contributed by atoms with van der Waals surface area (Å²) in [5, 5.41) is 18.3. The van der Waals surface area contributed by atoms with Crippen molar-refractivity contribution in [3.63, 3.8) is 0 Å². The Morgan fingerprint density at radius 2 is 1.74 bits per heavy atom. The third-order valence-electron chi connectivity index (χ3n) is 6.32. The number of hydrogen-bond donors (Lipinski definition) is 2. The highest BCUT2D eigenvalue weighted by Crippen LogP contribution is 2.48. The maximum absolute atomic E-state index is 13.5. The number of aromatic nitrogens is 2. The van der Waals surface area contributed by atoms with Gasteiger partial charge in [-0.3, -0.25) is 9.89 Å². The number of phenols is 1. The van der Waals surface area contributed by atoms with E-state index in [-0.39, 0.29) is 11.7 Å². The zero-order valence-corrected chi connectivity index (χ0v) is 20.5. The molecule has 0 bridgehead atoms. The van der Waals surface area contributed by atoms with E-state index in [4.69, 9.17) is 14.2 Å². The molecule has 1 atom stereocenters. The fourth-order valence-corrected chi connectivity index (χ4v) is 4.81. The smallest absolute Gasteiger partial charge is 0.273 e. The number of rotatable bonds is 8. The van der Waals surface area contributed by atoms with E-state index in [0.29, 0.717) is 40.7 Å². The molecule has 1 amide bonds. The average molecular weight is 466 g/mol. The van der Waals surface area contributed by atoms with Gasteiger partial charge in [-0.2, -0.15) is 5.10 Å². The Morgan fingerprint density at radius 1 is 1.06 bits per heavy atom. The van der Waals surface area contributed by atoms with E-state index in [9.17, 15) is 9.90 Å². The summed E-state index contributed by atoms with van der Waals surface area (Å²) in [6, 6.07) is 7.01. The minimum absolute atomic E-state index is 0.120. The molecule has 0 spiro atoms. The van der Waals surface area contributed by atoms with Crippen LogP contribution < -0.4 is 14.2 Å². The normalized spacial score (nSPS) is 14.9. The summed E-state index contributed by atoms with van der Waals surface area (Å²) < 4.78 is 16.7. The van der Waals surface area contributed by atoms with Crippen LogP contribution in [-0.4, -0.2) is 54.0 Å². The van der Waals surface area contributed by atoms with Crippen molar-refractivity contribution in [2.24, 2.45) is 0 Å². The molecule has 1 aromatic heterocycles. The molecule has 2 heterocycles. The van der Waals surface area contributed by atoms with Gasteiger partial charge in [0.05, 0.1) is 27.4 Å². The molecule has 8 nitrogen and oxygen atoms in total. The number of unbranched alkanes of at least 4 members (excludes halogenated alkanes) is 1. The molecule has 180 valence electrons. The largest absolute Gasteiger partial charge is 0.507 e. The molecule has 2 aromatic carbocycles. The van der Waals surface area contributed by atoms with Crippen molar-refractivity contribution in [3.05, 3.63) is 52.2 Å². The zero-order chi connectivity index (χ0) is 24.6. The lowest BCUT2D eigenvalue weighted by molar-refractivity contribution is 0.0741. The van der Waals surface area contributed by atoms with Crippen LogP contribution in [0.25, 0.3) is 11.3 Å². The number of nitrogens with one attached hydrogen (secondary N) is 1. The summed E-state index contributed by atoms with van der Waals surface area (Å²) in [4.78, 5) is 15.3. The number of methoxy groups -OCH3 is 3. The molecule has 0 aliphatic carbocycles. The summed E-state index contributed by atoms with van der Waals surface area (Å²) in [7, 11) is 4.69. The van der Waals surface area contributed by atoms with E-state index < -0.39 is 6.04 Å². The number of amides is 1.